The van der Waals surface area contributed by atoms with Gasteiger partial charge in [-0.25, -0.2) is 0 Å². The molecule has 0 amide bonds. The molecule has 3 nitrogen and oxygen atoms in total. The largest absolute Gasteiger partial charge is 0.497 e. The van der Waals surface area contributed by atoms with Gasteiger partial charge in [0.15, 0.2) is 0 Å². The van der Waals surface area contributed by atoms with Crippen molar-refractivity contribution in [1.29, 1.82) is 0 Å². The SMILES string of the molecule is COc1ccc(C(C)(O)c2sccc2C)c(OC)c1. The lowest BCUT2D eigenvalue weighted by Gasteiger charge is -2.26. The van der Waals surface area contributed by atoms with Gasteiger partial charge < -0.3 is 14.6 Å². The Morgan fingerprint density at radius 3 is 2.42 bits per heavy atom. The van der Waals surface area contributed by atoms with Crippen molar-refractivity contribution in [3.63, 3.8) is 0 Å². The first kappa shape index (κ1) is 13.9. The van der Waals surface area contributed by atoms with Gasteiger partial charge in [0.1, 0.15) is 17.1 Å². The van der Waals surface area contributed by atoms with E-state index in [1.54, 1.807) is 38.5 Å². The van der Waals surface area contributed by atoms with Crippen LogP contribution in [0.1, 0.15) is 22.9 Å². The number of hydrogen-bond donors (Lipinski definition) is 1. The zero-order chi connectivity index (χ0) is 14.0. The van der Waals surface area contributed by atoms with Gasteiger partial charge >= 0.3 is 0 Å². The van der Waals surface area contributed by atoms with Gasteiger partial charge in [0, 0.05) is 16.5 Å². The molecule has 102 valence electrons. The molecule has 19 heavy (non-hydrogen) atoms. The van der Waals surface area contributed by atoms with E-state index in [1.165, 1.54) is 0 Å². The maximum Gasteiger partial charge on any atom is 0.129 e. The van der Waals surface area contributed by atoms with Crippen molar-refractivity contribution < 1.29 is 14.6 Å². The second-order valence-electron chi connectivity index (χ2n) is 4.57. The van der Waals surface area contributed by atoms with Crippen molar-refractivity contribution in [3.05, 3.63) is 45.6 Å². The second-order valence-corrected chi connectivity index (χ2v) is 5.49. The lowest BCUT2D eigenvalue weighted by Crippen LogP contribution is -2.23. The molecule has 4 heteroatoms. The highest BCUT2D eigenvalue weighted by molar-refractivity contribution is 7.10. The fourth-order valence-electron chi connectivity index (χ4n) is 2.19. The molecular weight excluding hydrogens is 260 g/mol. The van der Waals surface area contributed by atoms with Crippen LogP contribution in [-0.4, -0.2) is 19.3 Å². The molecule has 0 saturated carbocycles. The highest BCUT2D eigenvalue weighted by Crippen LogP contribution is 2.40. The predicted octanol–water partition coefficient (Wildman–Crippen LogP) is 3.33. The molecular formula is C15H18O3S. The Morgan fingerprint density at radius 1 is 1.16 bits per heavy atom. The quantitative estimate of drug-likeness (QED) is 0.932. The predicted molar refractivity (Wildman–Crippen MR) is 77.3 cm³/mol. The maximum atomic E-state index is 10.9. The maximum absolute atomic E-state index is 10.9. The van der Waals surface area contributed by atoms with Gasteiger partial charge in [-0.2, -0.15) is 0 Å². The summed E-state index contributed by atoms with van der Waals surface area (Å²) < 4.78 is 10.6. The van der Waals surface area contributed by atoms with Crippen molar-refractivity contribution in [2.75, 3.05) is 14.2 Å². The summed E-state index contributed by atoms with van der Waals surface area (Å²) in [6.45, 7) is 3.78. The van der Waals surface area contributed by atoms with Crippen LogP contribution in [0.3, 0.4) is 0 Å². The number of rotatable bonds is 4. The molecule has 1 heterocycles. The highest BCUT2D eigenvalue weighted by Gasteiger charge is 2.31. The van der Waals surface area contributed by atoms with E-state index in [2.05, 4.69) is 0 Å². The number of hydrogen-bond acceptors (Lipinski definition) is 4. The summed E-state index contributed by atoms with van der Waals surface area (Å²) in [5.74, 6) is 1.33. The van der Waals surface area contributed by atoms with Crippen molar-refractivity contribution in [1.82, 2.24) is 0 Å². The minimum Gasteiger partial charge on any atom is -0.497 e. The lowest BCUT2D eigenvalue weighted by atomic mass is 9.91. The molecule has 0 radical (unpaired) electrons. The van der Waals surface area contributed by atoms with Crippen LogP contribution < -0.4 is 9.47 Å². The van der Waals surface area contributed by atoms with Crippen LogP contribution in [0, 0.1) is 6.92 Å². The first-order valence-corrected chi connectivity index (χ1v) is 6.88. The third-order valence-corrected chi connectivity index (χ3v) is 4.46. The van der Waals surface area contributed by atoms with Crippen molar-refractivity contribution >= 4 is 11.3 Å². The van der Waals surface area contributed by atoms with E-state index in [1.807, 2.05) is 30.5 Å². The minimum atomic E-state index is -1.07. The highest BCUT2D eigenvalue weighted by atomic mass is 32.1. The summed E-state index contributed by atoms with van der Waals surface area (Å²) >= 11 is 1.54. The fourth-order valence-corrected chi connectivity index (χ4v) is 3.20. The first-order chi connectivity index (χ1) is 9.00. The monoisotopic (exact) mass is 278 g/mol. The van der Waals surface area contributed by atoms with Crippen molar-refractivity contribution in [2.24, 2.45) is 0 Å². The topological polar surface area (TPSA) is 38.7 Å². The van der Waals surface area contributed by atoms with Gasteiger partial charge in [-0.3, -0.25) is 0 Å². The number of ether oxygens (including phenoxy) is 2. The Labute approximate surface area is 117 Å². The molecule has 0 aliphatic carbocycles. The van der Waals surface area contributed by atoms with Gasteiger partial charge in [-0.1, -0.05) is 0 Å². The van der Waals surface area contributed by atoms with E-state index in [0.717, 1.165) is 16.0 Å². The molecule has 1 N–H and O–H groups in total. The number of benzene rings is 1. The number of methoxy groups -OCH3 is 2. The smallest absolute Gasteiger partial charge is 0.129 e. The van der Waals surface area contributed by atoms with E-state index in [9.17, 15) is 5.11 Å². The van der Waals surface area contributed by atoms with E-state index >= 15 is 0 Å². The Balaban J connectivity index is 2.54. The summed E-state index contributed by atoms with van der Waals surface area (Å²) in [4.78, 5) is 0.927. The average molecular weight is 278 g/mol. The molecule has 0 aliphatic heterocycles. The normalized spacial score (nSPS) is 13.9. The van der Waals surface area contributed by atoms with Crippen LogP contribution in [0.15, 0.2) is 29.6 Å². The lowest BCUT2D eigenvalue weighted by molar-refractivity contribution is 0.102. The molecule has 0 saturated heterocycles. The molecule has 1 unspecified atom stereocenters. The molecule has 2 rings (SSSR count). The minimum absolute atomic E-state index is 0.622. The van der Waals surface area contributed by atoms with E-state index in [-0.39, 0.29) is 0 Å². The zero-order valence-electron chi connectivity index (χ0n) is 11.6. The number of aryl methyl sites for hydroxylation is 1. The molecule has 0 spiro atoms. The number of aliphatic hydroxyl groups is 1. The molecule has 2 aromatic rings. The van der Waals surface area contributed by atoms with Crippen LogP contribution in [0.25, 0.3) is 0 Å². The van der Waals surface area contributed by atoms with Gasteiger partial charge in [0.05, 0.1) is 14.2 Å². The molecule has 0 aliphatic rings. The molecule has 0 bridgehead atoms. The standard InChI is InChI=1S/C15H18O3S/c1-10-7-8-19-14(10)15(2,16)12-6-5-11(17-3)9-13(12)18-4/h5-9,16H,1-4H3. The van der Waals surface area contributed by atoms with Crippen LogP contribution in [-0.2, 0) is 5.60 Å². The Morgan fingerprint density at radius 2 is 1.89 bits per heavy atom. The summed E-state index contributed by atoms with van der Waals surface area (Å²) in [6.07, 6.45) is 0. The summed E-state index contributed by atoms with van der Waals surface area (Å²) in [6, 6.07) is 7.46. The second kappa shape index (κ2) is 5.23. The van der Waals surface area contributed by atoms with Gasteiger partial charge in [-0.05, 0) is 43.0 Å². The van der Waals surface area contributed by atoms with E-state index in [4.69, 9.17) is 9.47 Å². The summed E-state index contributed by atoms with van der Waals surface area (Å²) in [5, 5.41) is 12.9. The Kier molecular flexibility index (Phi) is 3.83. The molecule has 0 fully saturated rings. The van der Waals surface area contributed by atoms with Crippen LogP contribution >= 0.6 is 11.3 Å². The van der Waals surface area contributed by atoms with Gasteiger partial charge in [-0.15, -0.1) is 11.3 Å². The van der Waals surface area contributed by atoms with Gasteiger partial charge in [0.25, 0.3) is 0 Å². The molecule has 1 aromatic heterocycles. The van der Waals surface area contributed by atoms with Crippen molar-refractivity contribution in [2.45, 2.75) is 19.4 Å². The molecule has 1 aromatic carbocycles. The van der Waals surface area contributed by atoms with Crippen LogP contribution in [0.5, 0.6) is 11.5 Å². The number of thiophene rings is 1. The van der Waals surface area contributed by atoms with Crippen molar-refractivity contribution in [3.8, 4) is 11.5 Å². The first-order valence-electron chi connectivity index (χ1n) is 6.00. The Bertz CT molecular complexity index is 573. The summed E-state index contributed by atoms with van der Waals surface area (Å²) in [5.41, 5.74) is 0.741. The van der Waals surface area contributed by atoms with Crippen LogP contribution in [0.2, 0.25) is 0 Å². The van der Waals surface area contributed by atoms with E-state index < -0.39 is 5.60 Å². The zero-order valence-corrected chi connectivity index (χ0v) is 12.4. The third kappa shape index (κ3) is 2.46. The third-order valence-electron chi connectivity index (χ3n) is 3.24. The average Bonchev–Trinajstić information content (AvgIpc) is 2.84. The summed E-state index contributed by atoms with van der Waals surface area (Å²) in [7, 11) is 3.20. The van der Waals surface area contributed by atoms with Gasteiger partial charge in [0.2, 0.25) is 0 Å². The van der Waals surface area contributed by atoms with E-state index in [0.29, 0.717) is 11.5 Å². The fraction of sp³-hybridized carbons (Fsp3) is 0.333. The Hall–Kier alpha value is -1.52. The van der Waals surface area contributed by atoms with Crippen LogP contribution in [0.4, 0.5) is 0 Å². The molecule has 1 atom stereocenters.